The molecule has 0 aliphatic heterocycles. The molecule has 2 aromatic carbocycles. The predicted octanol–water partition coefficient (Wildman–Crippen LogP) is 3.12. The van der Waals surface area contributed by atoms with Gasteiger partial charge >= 0.3 is 12.1 Å². The number of carboxylic acid groups (broad SMARTS) is 1. The van der Waals surface area contributed by atoms with Gasteiger partial charge in [0.15, 0.2) is 5.43 Å². The van der Waals surface area contributed by atoms with Gasteiger partial charge in [0.1, 0.15) is 5.82 Å². The van der Waals surface area contributed by atoms with Gasteiger partial charge in [0.25, 0.3) is 0 Å². The number of nitrogens with two attached hydrogens (primary N) is 1. The number of fused-ring (bicyclic) bond motifs is 1. The zero-order chi connectivity index (χ0) is 22.9. The molecule has 0 aliphatic carbocycles. The highest BCUT2D eigenvalue weighted by Gasteiger charge is 2.38. The van der Waals surface area contributed by atoms with Crippen LogP contribution in [-0.4, -0.2) is 41.4 Å². The molecule has 0 radical (unpaired) electrons. The van der Waals surface area contributed by atoms with E-state index in [1.165, 1.54) is 0 Å². The third-order valence-corrected chi connectivity index (χ3v) is 4.09. The zero-order valence-electron chi connectivity index (χ0n) is 16.4. The van der Waals surface area contributed by atoms with E-state index in [1.807, 2.05) is 54.6 Å². The number of hydrogen-bond acceptors (Lipinski definition) is 5. The number of ether oxygens (including phenoxy) is 1. The minimum atomic E-state index is -5.08. The van der Waals surface area contributed by atoms with Crippen molar-refractivity contribution in [3.8, 4) is 0 Å². The SMILES string of the molecule is NCC(CNc1cc(=O)c2ccccc2[nH]1)OCc1ccccc1.O=C(O)C(F)(F)F. The lowest BCUT2D eigenvalue weighted by Gasteiger charge is -2.17. The van der Waals surface area contributed by atoms with Crippen LogP contribution < -0.4 is 16.5 Å². The van der Waals surface area contributed by atoms with Crippen molar-refractivity contribution < 1.29 is 27.8 Å². The number of H-pyrrole nitrogens is 1. The minimum absolute atomic E-state index is 0.0126. The Morgan fingerprint density at radius 3 is 2.35 bits per heavy atom. The number of aromatic nitrogens is 1. The summed E-state index contributed by atoms with van der Waals surface area (Å²) in [5.41, 5.74) is 7.69. The highest BCUT2D eigenvalue weighted by molar-refractivity contribution is 5.79. The number of carbonyl (C=O) groups is 1. The maximum atomic E-state index is 12.1. The Morgan fingerprint density at radius 1 is 1.13 bits per heavy atom. The van der Waals surface area contributed by atoms with E-state index < -0.39 is 12.1 Å². The molecule has 0 amide bonds. The van der Waals surface area contributed by atoms with Crippen molar-refractivity contribution in [1.82, 2.24) is 4.98 Å². The first kappa shape index (κ1) is 23.9. The van der Waals surface area contributed by atoms with Crippen LogP contribution in [-0.2, 0) is 16.1 Å². The van der Waals surface area contributed by atoms with Crippen LogP contribution in [0.1, 0.15) is 5.56 Å². The Morgan fingerprint density at radius 2 is 1.74 bits per heavy atom. The summed E-state index contributed by atoms with van der Waals surface area (Å²) in [6, 6.07) is 19.0. The number of anilines is 1. The highest BCUT2D eigenvalue weighted by atomic mass is 19.4. The molecule has 5 N–H and O–H groups in total. The van der Waals surface area contributed by atoms with E-state index >= 15 is 0 Å². The largest absolute Gasteiger partial charge is 0.490 e. The molecule has 1 atom stereocenters. The maximum absolute atomic E-state index is 12.1. The van der Waals surface area contributed by atoms with Gasteiger partial charge in [-0.25, -0.2) is 4.79 Å². The van der Waals surface area contributed by atoms with E-state index in [2.05, 4.69) is 10.3 Å². The summed E-state index contributed by atoms with van der Waals surface area (Å²) < 4.78 is 37.6. The fourth-order valence-corrected chi connectivity index (χ4v) is 2.51. The van der Waals surface area contributed by atoms with Gasteiger partial charge in [0.05, 0.1) is 18.2 Å². The van der Waals surface area contributed by atoms with Crippen molar-refractivity contribution in [3.63, 3.8) is 0 Å². The topological polar surface area (TPSA) is 117 Å². The van der Waals surface area contributed by atoms with Crippen LogP contribution in [0, 0.1) is 0 Å². The van der Waals surface area contributed by atoms with Crippen molar-refractivity contribution in [2.45, 2.75) is 18.9 Å². The molecule has 7 nitrogen and oxygen atoms in total. The van der Waals surface area contributed by atoms with Crippen LogP contribution in [0.15, 0.2) is 65.5 Å². The van der Waals surface area contributed by atoms with Crippen LogP contribution in [0.25, 0.3) is 10.9 Å². The Labute approximate surface area is 175 Å². The molecule has 0 bridgehead atoms. The number of aliphatic carboxylic acids is 1. The maximum Gasteiger partial charge on any atom is 0.490 e. The molecule has 0 fully saturated rings. The second kappa shape index (κ2) is 11.1. The van der Waals surface area contributed by atoms with Gasteiger partial charge < -0.3 is 25.9 Å². The van der Waals surface area contributed by atoms with Crippen molar-refractivity contribution in [3.05, 3.63) is 76.5 Å². The zero-order valence-corrected chi connectivity index (χ0v) is 16.4. The van der Waals surface area contributed by atoms with Gasteiger partial charge in [0.2, 0.25) is 0 Å². The van der Waals surface area contributed by atoms with Crippen LogP contribution in [0.5, 0.6) is 0 Å². The summed E-state index contributed by atoms with van der Waals surface area (Å²) in [5.74, 6) is -2.09. The number of carboxylic acids is 1. The van der Waals surface area contributed by atoms with Gasteiger partial charge in [0, 0.05) is 24.5 Å². The fraction of sp³-hybridized carbons (Fsp3) is 0.238. The van der Waals surface area contributed by atoms with Gasteiger partial charge in [-0.3, -0.25) is 4.79 Å². The summed E-state index contributed by atoms with van der Waals surface area (Å²) >= 11 is 0. The van der Waals surface area contributed by atoms with Crippen LogP contribution >= 0.6 is 0 Å². The van der Waals surface area contributed by atoms with Crippen LogP contribution in [0.2, 0.25) is 0 Å². The third-order valence-electron chi connectivity index (χ3n) is 4.09. The average molecular weight is 437 g/mol. The van der Waals surface area contributed by atoms with Crippen molar-refractivity contribution in [2.75, 3.05) is 18.4 Å². The highest BCUT2D eigenvalue weighted by Crippen LogP contribution is 2.13. The lowest BCUT2D eigenvalue weighted by Crippen LogP contribution is -2.31. The minimum Gasteiger partial charge on any atom is -0.475 e. The Bertz CT molecular complexity index is 1040. The molecule has 3 aromatic rings. The third kappa shape index (κ3) is 7.76. The Balaban J connectivity index is 0.000000423. The van der Waals surface area contributed by atoms with E-state index in [4.69, 9.17) is 20.4 Å². The first-order chi connectivity index (χ1) is 14.7. The second-order valence-corrected chi connectivity index (χ2v) is 6.43. The molecule has 31 heavy (non-hydrogen) atoms. The first-order valence-corrected chi connectivity index (χ1v) is 9.22. The molecule has 0 saturated heterocycles. The fourth-order valence-electron chi connectivity index (χ4n) is 2.51. The number of hydrogen-bond donors (Lipinski definition) is 4. The van der Waals surface area contributed by atoms with Crippen molar-refractivity contribution in [2.24, 2.45) is 5.73 Å². The lowest BCUT2D eigenvalue weighted by molar-refractivity contribution is -0.192. The Hall–Kier alpha value is -3.37. The number of benzene rings is 2. The normalized spacial score (nSPS) is 12.0. The molecule has 3 rings (SSSR count). The molecule has 166 valence electrons. The van der Waals surface area contributed by atoms with Gasteiger partial charge in [-0.15, -0.1) is 0 Å². The molecule has 0 spiro atoms. The predicted molar refractivity (Wildman–Crippen MR) is 111 cm³/mol. The summed E-state index contributed by atoms with van der Waals surface area (Å²) in [6.45, 7) is 1.44. The van der Waals surface area contributed by atoms with Crippen LogP contribution in [0.4, 0.5) is 19.0 Å². The number of nitrogens with one attached hydrogen (secondary N) is 2. The number of alkyl halides is 3. The average Bonchev–Trinajstić information content (AvgIpc) is 2.74. The number of para-hydroxylation sites is 1. The first-order valence-electron chi connectivity index (χ1n) is 9.22. The Kier molecular flexibility index (Phi) is 8.59. The monoisotopic (exact) mass is 437 g/mol. The molecular weight excluding hydrogens is 415 g/mol. The second-order valence-electron chi connectivity index (χ2n) is 6.43. The van der Waals surface area contributed by atoms with Gasteiger partial charge in [-0.05, 0) is 17.7 Å². The smallest absolute Gasteiger partial charge is 0.475 e. The van der Waals surface area contributed by atoms with Gasteiger partial charge in [-0.1, -0.05) is 42.5 Å². The van der Waals surface area contributed by atoms with E-state index in [-0.39, 0.29) is 11.5 Å². The molecule has 0 aliphatic rings. The number of aromatic amines is 1. The van der Waals surface area contributed by atoms with Gasteiger partial charge in [-0.2, -0.15) is 13.2 Å². The summed E-state index contributed by atoms with van der Waals surface area (Å²) in [5, 5.41) is 11.0. The number of halogens is 3. The molecule has 1 heterocycles. The van der Waals surface area contributed by atoms with Crippen molar-refractivity contribution >= 4 is 22.7 Å². The van der Waals surface area contributed by atoms with E-state index in [1.54, 1.807) is 6.07 Å². The molecule has 0 saturated carbocycles. The lowest BCUT2D eigenvalue weighted by atomic mass is 10.2. The van der Waals surface area contributed by atoms with Crippen LogP contribution in [0.3, 0.4) is 0 Å². The van der Waals surface area contributed by atoms with E-state index in [0.717, 1.165) is 11.1 Å². The molecule has 10 heteroatoms. The van der Waals surface area contributed by atoms with E-state index in [9.17, 15) is 18.0 Å². The number of pyridine rings is 1. The quantitative estimate of drug-likeness (QED) is 0.451. The standard InChI is InChI=1S/C19H21N3O2.C2HF3O2/c20-11-15(24-13-14-6-2-1-3-7-14)12-21-19-10-18(23)16-8-4-5-9-17(16)22-19;3-2(4,5)1(6)7/h1-10,15H,11-13,20H2,(H2,21,22,23);(H,6,7). The summed E-state index contributed by atoms with van der Waals surface area (Å²) in [6.07, 6.45) is -5.22. The summed E-state index contributed by atoms with van der Waals surface area (Å²) in [7, 11) is 0. The summed E-state index contributed by atoms with van der Waals surface area (Å²) in [4.78, 5) is 24.2. The molecular formula is C21H22F3N3O4. The van der Waals surface area contributed by atoms with Crippen molar-refractivity contribution in [1.29, 1.82) is 0 Å². The number of rotatable bonds is 7. The molecule has 1 aromatic heterocycles. The molecule has 1 unspecified atom stereocenters. The van der Waals surface area contributed by atoms with E-state index in [0.29, 0.717) is 30.9 Å².